The normalized spacial score (nSPS) is 28.3. The summed E-state index contributed by atoms with van der Waals surface area (Å²) < 4.78 is 0. The summed E-state index contributed by atoms with van der Waals surface area (Å²) in [7, 11) is 0. The molecule has 1 saturated heterocycles. The van der Waals surface area contributed by atoms with Gasteiger partial charge < -0.3 is 15.7 Å². The van der Waals surface area contributed by atoms with E-state index in [0.717, 1.165) is 24.9 Å². The van der Waals surface area contributed by atoms with Crippen LogP contribution >= 0.6 is 0 Å². The second kappa shape index (κ2) is 4.60. The maximum atomic E-state index is 9.84. The van der Waals surface area contributed by atoms with Gasteiger partial charge in [-0.05, 0) is 31.7 Å². The van der Waals surface area contributed by atoms with Gasteiger partial charge in [0.15, 0.2) is 0 Å². The Morgan fingerprint density at radius 2 is 2.21 bits per heavy atom. The number of nitrogens with two attached hydrogens (primary N) is 1. The smallest absolute Gasteiger partial charge is 0.0867 e. The summed E-state index contributed by atoms with van der Waals surface area (Å²) in [5.41, 5.74) is 4.79. The third-order valence-corrected chi connectivity index (χ3v) is 3.26. The molecule has 1 heterocycles. The molecule has 0 aromatic rings. The van der Waals surface area contributed by atoms with E-state index in [0.29, 0.717) is 13.1 Å². The van der Waals surface area contributed by atoms with E-state index in [1.165, 1.54) is 6.42 Å². The van der Waals surface area contributed by atoms with Crippen LogP contribution in [0.2, 0.25) is 0 Å². The molecule has 3 heteroatoms. The Labute approximate surface area is 87.3 Å². The van der Waals surface area contributed by atoms with E-state index in [9.17, 15) is 5.11 Å². The molecule has 0 aromatic heterocycles. The van der Waals surface area contributed by atoms with Gasteiger partial charge >= 0.3 is 0 Å². The number of rotatable bonds is 4. The minimum Gasteiger partial charge on any atom is -0.388 e. The Bertz CT molecular complexity index is 180. The molecule has 3 nitrogen and oxygen atoms in total. The average molecular weight is 200 g/mol. The lowest BCUT2D eigenvalue weighted by atomic mass is 9.95. The van der Waals surface area contributed by atoms with Crippen molar-refractivity contribution in [1.82, 2.24) is 4.90 Å². The molecule has 0 aliphatic carbocycles. The topological polar surface area (TPSA) is 49.5 Å². The van der Waals surface area contributed by atoms with E-state index < -0.39 is 5.60 Å². The van der Waals surface area contributed by atoms with E-state index in [4.69, 9.17) is 5.73 Å². The Balaban J connectivity index is 2.36. The number of β-amino-alcohol motifs (C(OH)–C–C–N with tert-alkyl or cyclic N) is 1. The van der Waals surface area contributed by atoms with E-state index in [2.05, 4.69) is 18.7 Å². The second-order valence-electron chi connectivity index (χ2n) is 5.23. The lowest BCUT2D eigenvalue weighted by Gasteiger charge is -2.27. The standard InChI is InChI=1S/C11H24N2O/c1-9(2)10-4-5-13(6-10)8-11(3,14)7-12/h9-10,14H,4-8,12H2,1-3H3. The second-order valence-corrected chi connectivity index (χ2v) is 5.23. The van der Waals surface area contributed by atoms with Crippen molar-refractivity contribution in [1.29, 1.82) is 0 Å². The molecule has 0 saturated carbocycles. The van der Waals surface area contributed by atoms with E-state index in [1.807, 2.05) is 6.92 Å². The van der Waals surface area contributed by atoms with Gasteiger partial charge in [0.2, 0.25) is 0 Å². The SMILES string of the molecule is CC(C)C1CCN(CC(C)(O)CN)C1. The summed E-state index contributed by atoms with van der Waals surface area (Å²) in [4.78, 5) is 2.33. The molecular weight excluding hydrogens is 176 g/mol. The third kappa shape index (κ3) is 3.23. The molecule has 1 aliphatic heterocycles. The predicted molar refractivity (Wildman–Crippen MR) is 59.1 cm³/mol. The van der Waals surface area contributed by atoms with Crippen molar-refractivity contribution >= 4 is 0 Å². The fourth-order valence-electron chi connectivity index (χ4n) is 2.10. The number of hydrogen-bond acceptors (Lipinski definition) is 3. The minimum absolute atomic E-state index is 0.343. The summed E-state index contributed by atoms with van der Waals surface area (Å²) in [5, 5.41) is 9.84. The molecule has 14 heavy (non-hydrogen) atoms. The van der Waals surface area contributed by atoms with E-state index >= 15 is 0 Å². The molecule has 0 spiro atoms. The minimum atomic E-state index is -0.716. The zero-order valence-corrected chi connectivity index (χ0v) is 9.66. The molecule has 1 fully saturated rings. The maximum absolute atomic E-state index is 9.84. The first-order valence-corrected chi connectivity index (χ1v) is 5.59. The van der Waals surface area contributed by atoms with Crippen LogP contribution in [0.3, 0.4) is 0 Å². The quantitative estimate of drug-likeness (QED) is 0.701. The van der Waals surface area contributed by atoms with Gasteiger partial charge in [-0.1, -0.05) is 13.8 Å². The van der Waals surface area contributed by atoms with Crippen molar-refractivity contribution in [3.05, 3.63) is 0 Å². The Morgan fingerprint density at radius 1 is 1.57 bits per heavy atom. The fraction of sp³-hybridized carbons (Fsp3) is 1.00. The lowest BCUT2D eigenvalue weighted by Crippen LogP contribution is -2.45. The van der Waals surface area contributed by atoms with Gasteiger partial charge in [0, 0.05) is 19.6 Å². The Hall–Kier alpha value is -0.120. The number of nitrogens with zero attached hydrogens (tertiary/aromatic N) is 1. The van der Waals surface area contributed by atoms with Crippen molar-refractivity contribution in [2.75, 3.05) is 26.2 Å². The van der Waals surface area contributed by atoms with Gasteiger partial charge in [0.05, 0.1) is 5.60 Å². The van der Waals surface area contributed by atoms with Crippen molar-refractivity contribution in [3.63, 3.8) is 0 Å². The van der Waals surface area contributed by atoms with E-state index in [1.54, 1.807) is 0 Å². The molecule has 0 amide bonds. The van der Waals surface area contributed by atoms with Crippen LogP contribution in [0.4, 0.5) is 0 Å². The largest absolute Gasteiger partial charge is 0.388 e. The van der Waals surface area contributed by atoms with Crippen molar-refractivity contribution in [2.24, 2.45) is 17.6 Å². The van der Waals surface area contributed by atoms with Gasteiger partial charge in [-0.25, -0.2) is 0 Å². The molecular formula is C11H24N2O. The molecule has 1 rings (SSSR count). The summed E-state index contributed by atoms with van der Waals surface area (Å²) in [6, 6.07) is 0. The third-order valence-electron chi connectivity index (χ3n) is 3.26. The van der Waals surface area contributed by atoms with Crippen LogP contribution in [0.15, 0.2) is 0 Å². The highest BCUT2D eigenvalue weighted by Crippen LogP contribution is 2.24. The Kier molecular flexibility index (Phi) is 3.93. The summed E-state index contributed by atoms with van der Waals surface area (Å²) in [6.45, 7) is 9.65. The summed E-state index contributed by atoms with van der Waals surface area (Å²) in [6.07, 6.45) is 1.26. The first-order valence-electron chi connectivity index (χ1n) is 5.59. The van der Waals surface area contributed by atoms with E-state index in [-0.39, 0.29) is 0 Å². The molecule has 2 atom stereocenters. The fourth-order valence-corrected chi connectivity index (χ4v) is 2.10. The van der Waals surface area contributed by atoms with Crippen LogP contribution in [-0.4, -0.2) is 41.8 Å². The zero-order valence-electron chi connectivity index (χ0n) is 9.66. The molecule has 0 radical (unpaired) electrons. The average Bonchev–Trinajstić information content (AvgIpc) is 2.52. The molecule has 0 aromatic carbocycles. The van der Waals surface area contributed by atoms with Crippen molar-refractivity contribution < 1.29 is 5.11 Å². The Morgan fingerprint density at radius 3 is 2.64 bits per heavy atom. The molecule has 3 N–H and O–H groups in total. The van der Waals surface area contributed by atoms with Crippen LogP contribution in [0.5, 0.6) is 0 Å². The molecule has 84 valence electrons. The zero-order chi connectivity index (χ0) is 10.8. The van der Waals surface area contributed by atoms with Gasteiger partial charge in [-0.2, -0.15) is 0 Å². The number of likely N-dealkylation sites (tertiary alicyclic amines) is 1. The molecule has 1 aliphatic rings. The summed E-state index contributed by atoms with van der Waals surface area (Å²) >= 11 is 0. The predicted octanol–water partition coefficient (Wildman–Crippen LogP) is 0.674. The summed E-state index contributed by atoms with van der Waals surface area (Å²) in [5.74, 6) is 1.55. The van der Waals surface area contributed by atoms with Gasteiger partial charge in [0.25, 0.3) is 0 Å². The van der Waals surface area contributed by atoms with Gasteiger partial charge in [0.1, 0.15) is 0 Å². The van der Waals surface area contributed by atoms with Crippen LogP contribution < -0.4 is 5.73 Å². The molecule has 0 bridgehead atoms. The van der Waals surface area contributed by atoms with Crippen LogP contribution in [0.1, 0.15) is 27.2 Å². The highest BCUT2D eigenvalue weighted by molar-refractivity contribution is 4.84. The van der Waals surface area contributed by atoms with Crippen LogP contribution in [-0.2, 0) is 0 Å². The van der Waals surface area contributed by atoms with Crippen LogP contribution in [0, 0.1) is 11.8 Å². The lowest BCUT2D eigenvalue weighted by molar-refractivity contribution is 0.0329. The highest BCUT2D eigenvalue weighted by Gasteiger charge is 2.29. The highest BCUT2D eigenvalue weighted by atomic mass is 16.3. The van der Waals surface area contributed by atoms with Gasteiger partial charge in [-0.3, -0.25) is 0 Å². The first-order chi connectivity index (χ1) is 6.44. The van der Waals surface area contributed by atoms with Crippen molar-refractivity contribution in [3.8, 4) is 0 Å². The monoisotopic (exact) mass is 200 g/mol. The van der Waals surface area contributed by atoms with Gasteiger partial charge in [-0.15, -0.1) is 0 Å². The van der Waals surface area contributed by atoms with Crippen LogP contribution in [0.25, 0.3) is 0 Å². The number of hydrogen-bond donors (Lipinski definition) is 2. The first kappa shape index (κ1) is 12.0. The molecule has 2 unspecified atom stereocenters. The number of aliphatic hydroxyl groups is 1. The van der Waals surface area contributed by atoms with Crippen molar-refractivity contribution in [2.45, 2.75) is 32.8 Å². The maximum Gasteiger partial charge on any atom is 0.0867 e.